The van der Waals surface area contributed by atoms with Gasteiger partial charge in [0.15, 0.2) is 0 Å². The maximum absolute atomic E-state index is 11.4. The Morgan fingerprint density at radius 1 is 1.00 bits per heavy atom. The van der Waals surface area contributed by atoms with E-state index in [0.717, 1.165) is 5.56 Å². The van der Waals surface area contributed by atoms with Crippen LogP contribution in [0.4, 0.5) is 0 Å². The monoisotopic (exact) mass is 367 g/mol. The first-order valence-corrected chi connectivity index (χ1v) is 10.2. The van der Waals surface area contributed by atoms with Gasteiger partial charge in [-0.15, -0.1) is 0 Å². The Morgan fingerprint density at radius 2 is 1.48 bits per heavy atom. The Kier molecular flexibility index (Phi) is 7.10. The van der Waals surface area contributed by atoms with Gasteiger partial charge in [-0.25, -0.2) is 0 Å². The highest BCUT2D eigenvalue weighted by Crippen LogP contribution is 2.42. The fourth-order valence-electron chi connectivity index (χ4n) is 2.13. The number of benzene rings is 1. The van der Waals surface area contributed by atoms with Crippen LogP contribution in [0.2, 0.25) is 0 Å². The molecule has 0 heterocycles. The van der Waals surface area contributed by atoms with Crippen LogP contribution in [-0.2, 0) is 20.3 Å². The van der Waals surface area contributed by atoms with E-state index in [9.17, 15) is 19.0 Å². The van der Waals surface area contributed by atoms with Gasteiger partial charge in [-0.05, 0) is 18.4 Å². The van der Waals surface area contributed by atoms with E-state index in [1.54, 1.807) is 30.3 Å². The molecule has 0 aliphatic heterocycles. The summed E-state index contributed by atoms with van der Waals surface area (Å²) in [6, 6.07) is 7.40. The average molecular weight is 367 g/mol. The summed E-state index contributed by atoms with van der Waals surface area (Å²) in [4.78, 5) is 48.1. The van der Waals surface area contributed by atoms with E-state index in [1.807, 2.05) is 0 Å². The van der Waals surface area contributed by atoms with Gasteiger partial charge in [-0.1, -0.05) is 30.3 Å². The minimum Gasteiger partial charge on any atom is -0.480 e. The smallest absolute Gasteiger partial charge is 0.339 e. The highest BCUT2D eigenvalue weighted by Gasteiger charge is 2.34. The summed E-state index contributed by atoms with van der Waals surface area (Å²) >= 11 is 0. The quantitative estimate of drug-likeness (QED) is 0.395. The van der Waals surface area contributed by atoms with Crippen LogP contribution in [0.1, 0.15) is 12.0 Å². The largest absolute Gasteiger partial charge is 0.480 e. The molecule has 0 aliphatic rings. The lowest BCUT2D eigenvalue weighted by Crippen LogP contribution is -2.42. The van der Waals surface area contributed by atoms with E-state index in [-0.39, 0.29) is 12.8 Å². The lowest BCUT2D eigenvalue weighted by molar-refractivity contribution is -0.142. The van der Waals surface area contributed by atoms with E-state index >= 15 is 0 Å². The second-order valence-electron chi connectivity index (χ2n) is 5.08. The summed E-state index contributed by atoms with van der Waals surface area (Å²) in [6.07, 6.45) is -1.83. The summed E-state index contributed by atoms with van der Waals surface area (Å²) in [5, 5.41) is 9.27. The van der Waals surface area contributed by atoms with Crippen molar-refractivity contribution in [2.24, 2.45) is 0 Å². The van der Waals surface area contributed by atoms with Gasteiger partial charge in [0.2, 0.25) is 0 Å². The van der Waals surface area contributed by atoms with Crippen molar-refractivity contribution in [2.45, 2.75) is 18.9 Å². The number of carboxylic acids is 1. The molecule has 1 aromatic rings. The van der Waals surface area contributed by atoms with Gasteiger partial charge < -0.3 is 24.7 Å². The van der Waals surface area contributed by atoms with Crippen LogP contribution < -0.4 is 0 Å². The Bertz CT molecular complexity index is 587. The topological polar surface area (TPSA) is 156 Å². The third-order valence-electron chi connectivity index (χ3n) is 3.01. The number of hydrogen-bond acceptors (Lipinski definition) is 4. The van der Waals surface area contributed by atoms with Crippen molar-refractivity contribution in [3.05, 3.63) is 35.9 Å². The van der Waals surface area contributed by atoms with Crippen LogP contribution >= 0.6 is 15.2 Å². The molecule has 9 nitrogen and oxygen atoms in total. The van der Waals surface area contributed by atoms with Crippen molar-refractivity contribution >= 4 is 21.2 Å². The van der Waals surface area contributed by atoms with Crippen molar-refractivity contribution in [1.82, 2.24) is 4.90 Å². The summed E-state index contributed by atoms with van der Waals surface area (Å²) < 4.78 is 22.3. The zero-order valence-electron chi connectivity index (χ0n) is 12.1. The molecule has 5 N–H and O–H groups in total. The number of aliphatic carboxylic acids is 1. The molecular formula is C12H19NO8P2. The predicted octanol–water partition coefficient (Wildman–Crippen LogP) is 0.645. The number of carboxylic acid groups (broad SMARTS) is 1. The summed E-state index contributed by atoms with van der Waals surface area (Å²) in [7, 11) is -9.36. The van der Waals surface area contributed by atoms with E-state index in [0.29, 0.717) is 4.90 Å². The summed E-state index contributed by atoms with van der Waals surface area (Å²) in [6.45, 7) is 0. The summed E-state index contributed by atoms with van der Waals surface area (Å²) in [5.41, 5.74) is 0.811. The highest BCUT2D eigenvalue weighted by atomic mass is 31.2. The average Bonchev–Trinajstić information content (AvgIpc) is 2.35. The van der Waals surface area contributed by atoms with Gasteiger partial charge in [-0.3, -0.25) is 18.8 Å². The Balaban J connectivity index is 2.92. The van der Waals surface area contributed by atoms with Gasteiger partial charge >= 0.3 is 21.2 Å². The molecule has 130 valence electrons. The number of hydrogen-bond donors (Lipinski definition) is 5. The molecule has 0 aromatic heterocycles. The van der Waals surface area contributed by atoms with E-state index in [2.05, 4.69) is 0 Å². The molecule has 0 fully saturated rings. The highest BCUT2D eigenvalue weighted by molar-refractivity contribution is 7.52. The standard InChI is InChI=1S/C12H19NO8P2/c14-12(15)11(7-6-10-4-2-1-3-5-10)13(8-22(16,17)18)9-23(19,20)21/h1-5,11H,6-9H2,(H,14,15)(H2,16,17,18)(H2,19,20,21)/t11-/m1/s1. The van der Waals surface area contributed by atoms with Crippen LogP contribution in [-0.4, -0.2) is 54.2 Å². The Labute approximate surface area is 132 Å². The first-order chi connectivity index (χ1) is 10.5. The molecule has 0 saturated heterocycles. The van der Waals surface area contributed by atoms with Crippen molar-refractivity contribution < 1.29 is 38.6 Å². The van der Waals surface area contributed by atoms with Crippen molar-refractivity contribution in [3.63, 3.8) is 0 Å². The number of rotatable bonds is 9. The second-order valence-corrected chi connectivity index (χ2v) is 8.30. The van der Waals surface area contributed by atoms with Crippen LogP contribution in [0.5, 0.6) is 0 Å². The van der Waals surface area contributed by atoms with Crippen LogP contribution in [0.15, 0.2) is 30.3 Å². The normalized spacial score (nSPS) is 14.0. The van der Waals surface area contributed by atoms with Crippen LogP contribution in [0, 0.1) is 0 Å². The molecule has 0 radical (unpaired) electrons. The van der Waals surface area contributed by atoms with Crippen molar-refractivity contribution in [2.75, 3.05) is 12.6 Å². The van der Waals surface area contributed by atoms with Crippen LogP contribution in [0.25, 0.3) is 0 Å². The molecule has 0 saturated carbocycles. The lowest BCUT2D eigenvalue weighted by Gasteiger charge is -2.29. The maximum atomic E-state index is 11.4. The first kappa shape index (κ1) is 20.0. The molecule has 23 heavy (non-hydrogen) atoms. The molecule has 0 bridgehead atoms. The molecular weight excluding hydrogens is 348 g/mol. The first-order valence-electron chi connectivity index (χ1n) is 6.58. The molecule has 0 amide bonds. The van der Waals surface area contributed by atoms with E-state index < -0.39 is 39.8 Å². The number of nitrogens with zero attached hydrogens (tertiary/aromatic N) is 1. The van der Waals surface area contributed by atoms with E-state index in [1.165, 1.54) is 0 Å². The molecule has 0 unspecified atom stereocenters. The molecule has 1 aromatic carbocycles. The number of aryl methyl sites for hydroxylation is 1. The fraction of sp³-hybridized carbons (Fsp3) is 0.417. The number of carbonyl (C=O) groups is 1. The SMILES string of the molecule is O=C(O)[C@@H](CCc1ccccc1)N(CP(=O)(O)O)CP(=O)(O)O. The van der Waals surface area contributed by atoms with Gasteiger partial charge in [0.25, 0.3) is 0 Å². The van der Waals surface area contributed by atoms with Gasteiger partial charge in [0, 0.05) is 0 Å². The minimum atomic E-state index is -4.68. The zero-order chi connectivity index (χ0) is 17.7. The molecule has 0 aliphatic carbocycles. The Hall–Kier alpha value is -1.05. The van der Waals surface area contributed by atoms with E-state index in [4.69, 9.17) is 19.6 Å². The third kappa shape index (κ3) is 8.39. The van der Waals surface area contributed by atoms with Gasteiger partial charge in [0.1, 0.15) is 18.6 Å². The van der Waals surface area contributed by atoms with Gasteiger partial charge in [-0.2, -0.15) is 0 Å². The fourth-order valence-corrected chi connectivity index (χ4v) is 3.82. The molecule has 1 atom stereocenters. The Morgan fingerprint density at radius 3 is 1.87 bits per heavy atom. The maximum Gasteiger partial charge on any atom is 0.339 e. The molecule has 0 spiro atoms. The lowest BCUT2D eigenvalue weighted by atomic mass is 10.0. The zero-order valence-corrected chi connectivity index (χ0v) is 13.9. The molecule has 11 heteroatoms. The van der Waals surface area contributed by atoms with Crippen molar-refractivity contribution in [3.8, 4) is 0 Å². The summed E-state index contributed by atoms with van der Waals surface area (Å²) in [5.74, 6) is -1.40. The minimum absolute atomic E-state index is 0.0423. The van der Waals surface area contributed by atoms with Crippen molar-refractivity contribution in [1.29, 1.82) is 0 Å². The second kappa shape index (κ2) is 8.17. The molecule has 1 rings (SSSR count). The predicted molar refractivity (Wildman–Crippen MR) is 81.8 cm³/mol. The van der Waals surface area contributed by atoms with Gasteiger partial charge in [0.05, 0.1) is 0 Å². The third-order valence-corrected chi connectivity index (χ3v) is 4.47. The van der Waals surface area contributed by atoms with Crippen LogP contribution in [0.3, 0.4) is 0 Å².